The van der Waals surface area contributed by atoms with Crippen molar-refractivity contribution in [1.82, 2.24) is 15.1 Å². The summed E-state index contributed by atoms with van der Waals surface area (Å²) < 4.78 is 20.4. The zero-order valence-electron chi connectivity index (χ0n) is 16.3. The standard InChI is InChI=1S/C22H24FN3O2/c1-15-4-5-16(2)21(12-15)28-14-26-11-10-20(25-26)22(27)24-13-17(3)18-6-8-19(23)9-7-18/h4-12,17H,13-14H2,1-3H3,(H,24,27). The molecule has 0 saturated heterocycles. The molecule has 0 bridgehead atoms. The Morgan fingerprint density at radius 3 is 2.68 bits per heavy atom. The van der Waals surface area contributed by atoms with Crippen molar-refractivity contribution >= 4 is 5.91 Å². The molecule has 0 spiro atoms. The van der Waals surface area contributed by atoms with Gasteiger partial charge in [-0.25, -0.2) is 9.07 Å². The van der Waals surface area contributed by atoms with E-state index < -0.39 is 0 Å². The third-order valence-corrected chi connectivity index (χ3v) is 4.58. The molecule has 0 aliphatic heterocycles. The van der Waals surface area contributed by atoms with Gasteiger partial charge in [-0.1, -0.05) is 31.2 Å². The van der Waals surface area contributed by atoms with Crippen molar-refractivity contribution < 1.29 is 13.9 Å². The molecule has 3 aromatic rings. The van der Waals surface area contributed by atoms with Crippen LogP contribution in [0.2, 0.25) is 0 Å². The number of rotatable bonds is 7. The molecule has 0 fully saturated rings. The zero-order chi connectivity index (χ0) is 20.1. The molecule has 1 unspecified atom stereocenters. The first-order valence-corrected chi connectivity index (χ1v) is 9.19. The summed E-state index contributed by atoms with van der Waals surface area (Å²) in [6, 6.07) is 14.0. The number of nitrogens with zero attached hydrogens (tertiary/aromatic N) is 2. The molecule has 1 aromatic heterocycles. The fourth-order valence-corrected chi connectivity index (χ4v) is 2.80. The minimum Gasteiger partial charge on any atom is -0.471 e. The second-order valence-corrected chi connectivity index (χ2v) is 6.95. The summed E-state index contributed by atoms with van der Waals surface area (Å²) in [6.07, 6.45) is 1.71. The lowest BCUT2D eigenvalue weighted by molar-refractivity contribution is 0.0944. The normalized spacial score (nSPS) is 11.9. The van der Waals surface area contributed by atoms with E-state index in [2.05, 4.69) is 10.4 Å². The Bertz CT molecular complexity index is 951. The Morgan fingerprint density at radius 1 is 1.18 bits per heavy atom. The summed E-state index contributed by atoms with van der Waals surface area (Å²) in [6.45, 7) is 6.64. The van der Waals surface area contributed by atoms with Crippen LogP contribution in [0.4, 0.5) is 4.39 Å². The van der Waals surface area contributed by atoms with Crippen LogP contribution < -0.4 is 10.1 Å². The van der Waals surface area contributed by atoms with Gasteiger partial charge in [0.25, 0.3) is 5.91 Å². The maximum atomic E-state index is 13.0. The molecule has 1 heterocycles. The molecular formula is C22H24FN3O2. The molecule has 6 heteroatoms. The Hall–Kier alpha value is -3.15. The predicted molar refractivity (Wildman–Crippen MR) is 106 cm³/mol. The molecule has 0 aliphatic carbocycles. The Balaban J connectivity index is 1.53. The largest absolute Gasteiger partial charge is 0.471 e. The van der Waals surface area contributed by atoms with Gasteiger partial charge in [0, 0.05) is 12.7 Å². The molecule has 2 aromatic carbocycles. The van der Waals surface area contributed by atoms with E-state index in [1.807, 2.05) is 39.0 Å². The molecule has 5 nitrogen and oxygen atoms in total. The van der Waals surface area contributed by atoms with E-state index in [1.54, 1.807) is 29.1 Å². The second kappa shape index (κ2) is 8.69. The number of aromatic nitrogens is 2. The molecule has 0 saturated carbocycles. The van der Waals surface area contributed by atoms with Gasteiger partial charge >= 0.3 is 0 Å². The minimum atomic E-state index is -0.270. The van der Waals surface area contributed by atoms with Gasteiger partial charge in [-0.15, -0.1) is 0 Å². The van der Waals surface area contributed by atoms with Gasteiger partial charge in [-0.2, -0.15) is 5.10 Å². The summed E-state index contributed by atoms with van der Waals surface area (Å²) in [4.78, 5) is 12.3. The quantitative estimate of drug-likeness (QED) is 0.667. The van der Waals surface area contributed by atoms with Crippen LogP contribution in [0, 0.1) is 19.7 Å². The van der Waals surface area contributed by atoms with E-state index in [0.29, 0.717) is 12.2 Å². The maximum Gasteiger partial charge on any atom is 0.271 e. The smallest absolute Gasteiger partial charge is 0.271 e. The van der Waals surface area contributed by atoms with Crippen LogP contribution in [-0.2, 0) is 6.73 Å². The van der Waals surface area contributed by atoms with E-state index in [1.165, 1.54) is 12.1 Å². The molecule has 3 rings (SSSR count). The van der Waals surface area contributed by atoms with Gasteiger partial charge in [0.2, 0.25) is 0 Å². The number of nitrogens with one attached hydrogen (secondary N) is 1. The van der Waals surface area contributed by atoms with E-state index in [0.717, 1.165) is 22.4 Å². The van der Waals surface area contributed by atoms with Crippen molar-refractivity contribution in [3.05, 3.63) is 82.9 Å². The van der Waals surface area contributed by atoms with Crippen molar-refractivity contribution in [2.24, 2.45) is 0 Å². The first-order valence-electron chi connectivity index (χ1n) is 9.19. The topological polar surface area (TPSA) is 56.1 Å². The minimum absolute atomic E-state index is 0.0688. The van der Waals surface area contributed by atoms with Crippen molar-refractivity contribution in [1.29, 1.82) is 0 Å². The predicted octanol–water partition coefficient (Wildman–Crippen LogP) is 4.21. The third-order valence-electron chi connectivity index (χ3n) is 4.58. The zero-order valence-corrected chi connectivity index (χ0v) is 16.3. The highest BCUT2D eigenvalue weighted by Gasteiger charge is 2.12. The summed E-state index contributed by atoms with van der Waals surface area (Å²) >= 11 is 0. The summed E-state index contributed by atoms with van der Waals surface area (Å²) in [5, 5.41) is 7.14. The summed E-state index contributed by atoms with van der Waals surface area (Å²) in [7, 11) is 0. The number of hydrogen-bond acceptors (Lipinski definition) is 3. The molecule has 1 N–H and O–H groups in total. The number of ether oxygens (including phenoxy) is 1. The number of amides is 1. The lowest BCUT2D eigenvalue weighted by Gasteiger charge is -2.12. The molecule has 28 heavy (non-hydrogen) atoms. The van der Waals surface area contributed by atoms with Gasteiger partial charge in [0.15, 0.2) is 6.73 Å². The lowest BCUT2D eigenvalue weighted by atomic mass is 10.0. The van der Waals surface area contributed by atoms with Crippen molar-refractivity contribution in [2.45, 2.75) is 33.4 Å². The Morgan fingerprint density at radius 2 is 1.93 bits per heavy atom. The maximum absolute atomic E-state index is 13.0. The lowest BCUT2D eigenvalue weighted by Crippen LogP contribution is -2.28. The highest BCUT2D eigenvalue weighted by atomic mass is 19.1. The van der Waals surface area contributed by atoms with Crippen LogP contribution in [0.1, 0.15) is 40.0 Å². The fourth-order valence-electron chi connectivity index (χ4n) is 2.80. The van der Waals surface area contributed by atoms with Crippen LogP contribution in [-0.4, -0.2) is 22.2 Å². The summed E-state index contributed by atoms with van der Waals surface area (Å²) in [5.41, 5.74) is 3.46. The first-order chi connectivity index (χ1) is 13.4. The van der Waals surface area contributed by atoms with Gasteiger partial charge in [0.1, 0.15) is 17.3 Å². The molecule has 0 aliphatic rings. The van der Waals surface area contributed by atoms with Crippen molar-refractivity contribution in [2.75, 3.05) is 6.54 Å². The average Bonchev–Trinajstić information content (AvgIpc) is 3.16. The second-order valence-electron chi connectivity index (χ2n) is 6.95. The number of halogens is 1. The highest BCUT2D eigenvalue weighted by Crippen LogP contribution is 2.19. The number of hydrogen-bond donors (Lipinski definition) is 1. The van der Waals surface area contributed by atoms with Crippen LogP contribution in [0.3, 0.4) is 0 Å². The average molecular weight is 381 g/mol. The van der Waals surface area contributed by atoms with Crippen LogP contribution >= 0.6 is 0 Å². The van der Waals surface area contributed by atoms with E-state index in [9.17, 15) is 9.18 Å². The number of carbonyl (C=O) groups excluding carboxylic acids is 1. The van der Waals surface area contributed by atoms with Crippen LogP contribution in [0.5, 0.6) is 5.75 Å². The molecular weight excluding hydrogens is 357 g/mol. The highest BCUT2D eigenvalue weighted by molar-refractivity contribution is 5.92. The SMILES string of the molecule is Cc1ccc(C)c(OCn2ccc(C(=O)NCC(C)c3ccc(F)cc3)n2)c1. The number of aryl methyl sites for hydroxylation is 2. The Labute approximate surface area is 164 Å². The van der Waals surface area contributed by atoms with E-state index in [-0.39, 0.29) is 24.4 Å². The van der Waals surface area contributed by atoms with Gasteiger partial charge in [-0.3, -0.25) is 4.79 Å². The molecule has 1 amide bonds. The van der Waals surface area contributed by atoms with Gasteiger partial charge < -0.3 is 10.1 Å². The third kappa shape index (κ3) is 4.97. The van der Waals surface area contributed by atoms with Crippen LogP contribution in [0.15, 0.2) is 54.7 Å². The Kier molecular flexibility index (Phi) is 6.09. The van der Waals surface area contributed by atoms with Gasteiger partial charge in [-0.05, 0) is 60.7 Å². The van der Waals surface area contributed by atoms with E-state index >= 15 is 0 Å². The van der Waals surface area contributed by atoms with Crippen molar-refractivity contribution in [3.8, 4) is 5.75 Å². The number of carbonyl (C=O) groups is 1. The van der Waals surface area contributed by atoms with Crippen molar-refractivity contribution in [3.63, 3.8) is 0 Å². The fraction of sp³-hybridized carbons (Fsp3) is 0.273. The molecule has 146 valence electrons. The molecule has 1 atom stereocenters. The summed E-state index contributed by atoms with van der Waals surface area (Å²) in [5.74, 6) is 0.349. The number of benzene rings is 2. The first kappa shape index (κ1) is 19.6. The van der Waals surface area contributed by atoms with Gasteiger partial charge in [0.05, 0.1) is 0 Å². The molecule has 0 radical (unpaired) electrons. The monoisotopic (exact) mass is 381 g/mol. The van der Waals surface area contributed by atoms with E-state index in [4.69, 9.17) is 4.74 Å². The van der Waals surface area contributed by atoms with Crippen LogP contribution in [0.25, 0.3) is 0 Å².